The topological polar surface area (TPSA) is 95.7 Å². The van der Waals surface area contributed by atoms with Crippen LogP contribution in [-0.4, -0.2) is 41.1 Å². The molecule has 0 aliphatic carbocycles. The van der Waals surface area contributed by atoms with Crippen molar-refractivity contribution in [2.75, 3.05) is 13.1 Å². The molecule has 6 heteroatoms. The maximum atomic E-state index is 11.6. The van der Waals surface area contributed by atoms with Crippen molar-refractivity contribution in [1.82, 2.24) is 10.4 Å². The Morgan fingerprint density at radius 2 is 1.94 bits per heavy atom. The van der Waals surface area contributed by atoms with Gasteiger partial charge in [-0.2, -0.15) is 0 Å². The number of hydrogen-bond acceptors (Lipinski definition) is 4. The van der Waals surface area contributed by atoms with Gasteiger partial charge in [0.15, 0.2) is 0 Å². The Bertz CT molecular complexity index is 229. The van der Waals surface area contributed by atoms with Gasteiger partial charge in [-0.05, 0) is 26.7 Å². The summed E-state index contributed by atoms with van der Waals surface area (Å²) in [6.45, 7) is 5.23. The van der Waals surface area contributed by atoms with Gasteiger partial charge in [-0.1, -0.05) is 0 Å². The lowest BCUT2D eigenvalue weighted by molar-refractivity contribution is -0.132. The zero-order valence-corrected chi connectivity index (χ0v) is 9.90. The predicted octanol–water partition coefficient (Wildman–Crippen LogP) is -0.142. The molecule has 0 fully saturated rings. The van der Waals surface area contributed by atoms with Crippen LogP contribution in [0.4, 0.5) is 0 Å². The number of amides is 2. The Hall–Kier alpha value is -1.14. The first-order chi connectivity index (χ1) is 7.56. The number of carbonyl (C=O) groups excluding carboxylic acids is 2. The molecule has 0 aromatic carbocycles. The minimum atomic E-state index is -0.755. The molecule has 94 valence electrons. The lowest BCUT2D eigenvalue weighted by Gasteiger charge is -2.18. The van der Waals surface area contributed by atoms with Crippen LogP contribution in [0.3, 0.4) is 0 Å². The highest BCUT2D eigenvalue weighted by Crippen LogP contribution is 2.03. The lowest BCUT2D eigenvalue weighted by atomic mass is 10.1. The largest absolute Gasteiger partial charge is 0.343 e. The molecule has 0 bridgehead atoms. The van der Waals surface area contributed by atoms with Crippen LogP contribution in [0, 0.1) is 0 Å². The minimum Gasteiger partial charge on any atom is -0.343 e. The van der Waals surface area contributed by atoms with E-state index in [1.54, 1.807) is 4.90 Å². The van der Waals surface area contributed by atoms with Crippen LogP contribution in [0.2, 0.25) is 0 Å². The number of hydrogen-bond donors (Lipinski definition) is 3. The van der Waals surface area contributed by atoms with E-state index in [2.05, 4.69) is 0 Å². The number of carbonyl (C=O) groups is 2. The van der Waals surface area contributed by atoms with Crippen molar-refractivity contribution in [3.63, 3.8) is 0 Å². The van der Waals surface area contributed by atoms with Gasteiger partial charge in [0, 0.05) is 19.5 Å². The summed E-state index contributed by atoms with van der Waals surface area (Å²) in [5.41, 5.74) is 6.95. The van der Waals surface area contributed by atoms with E-state index in [4.69, 9.17) is 10.9 Å². The third-order valence-corrected chi connectivity index (χ3v) is 2.47. The van der Waals surface area contributed by atoms with E-state index < -0.39 is 11.9 Å². The zero-order valence-electron chi connectivity index (χ0n) is 9.90. The molecule has 1 atom stereocenters. The fraction of sp³-hybridized carbons (Fsp3) is 0.800. The highest BCUT2D eigenvalue weighted by Gasteiger charge is 2.14. The number of hydroxylamine groups is 1. The standard InChI is InChI=1S/C10H21N3O3/c1-3-13(4-2)9(14)7-5-6-8(11)10(15)12-16/h8,16H,3-7,11H2,1-2H3,(H,12,15)/t8-/m0/s1. The van der Waals surface area contributed by atoms with Gasteiger partial charge in [0.1, 0.15) is 0 Å². The average Bonchev–Trinajstić information content (AvgIpc) is 2.29. The van der Waals surface area contributed by atoms with Crippen LogP contribution in [0.25, 0.3) is 0 Å². The number of nitrogens with zero attached hydrogens (tertiary/aromatic N) is 1. The summed E-state index contributed by atoms with van der Waals surface area (Å²) < 4.78 is 0. The maximum absolute atomic E-state index is 11.6. The SMILES string of the molecule is CCN(CC)C(=O)CCC[C@H](N)C(=O)NO. The molecular formula is C10H21N3O3. The van der Waals surface area contributed by atoms with Crippen molar-refractivity contribution in [2.45, 2.75) is 39.2 Å². The molecule has 0 saturated heterocycles. The first-order valence-electron chi connectivity index (χ1n) is 5.54. The third kappa shape index (κ3) is 5.09. The van der Waals surface area contributed by atoms with Crippen molar-refractivity contribution in [1.29, 1.82) is 0 Å². The molecule has 6 nitrogen and oxygen atoms in total. The van der Waals surface area contributed by atoms with Gasteiger partial charge in [0.05, 0.1) is 6.04 Å². The minimum absolute atomic E-state index is 0.0709. The summed E-state index contributed by atoms with van der Waals surface area (Å²) in [6, 6.07) is -0.755. The second-order valence-electron chi connectivity index (χ2n) is 3.54. The molecular weight excluding hydrogens is 210 g/mol. The number of nitrogens with two attached hydrogens (primary N) is 1. The second-order valence-corrected chi connectivity index (χ2v) is 3.54. The summed E-state index contributed by atoms with van der Waals surface area (Å²) in [4.78, 5) is 24.1. The number of rotatable bonds is 7. The molecule has 0 rings (SSSR count). The van der Waals surface area contributed by atoms with E-state index in [0.717, 1.165) is 0 Å². The van der Waals surface area contributed by atoms with Crippen LogP contribution in [-0.2, 0) is 9.59 Å². The van der Waals surface area contributed by atoms with Gasteiger partial charge in [-0.25, -0.2) is 5.48 Å². The Morgan fingerprint density at radius 3 is 2.38 bits per heavy atom. The van der Waals surface area contributed by atoms with Gasteiger partial charge in [0.2, 0.25) is 5.91 Å². The summed E-state index contributed by atoms with van der Waals surface area (Å²) in [7, 11) is 0. The van der Waals surface area contributed by atoms with Gasteiger partial charge in [-0.15, -0.1) is 0 Å². The molecule has 0 heterocycles. The van der Waals surface area contributed by atoms with Crippen LogP contribution >= 0.6 is 0 Å². The monoisotopic (exact) mass is 231 g/mol. The maximum Gasteiger partial charge on any atom is 0.260 e. The Morgan fingerprint density at radius 1 is 1.38 bits per heavy atom. The smallest absolute Gasteiger partial charge is 0.260 e. The van der Waals surface area contributed by atoms with E-state index in [0.29, 0.717) is 32.4 Å². The highest BCUT2D eigenvalue weighted by atomic mass is 16.5. The quantitative estimate of drug-likeness (QED) is 0.419. The summed E-state index contributed by atoms with van der Waals surface area (Å²) in [5.74, 6) is -0.545. The molecule has 0 aromatic rings. The molecule has 0 aliphatic heterocycles. The molecule has 16 heavy (non-hydrogen) atoms. The van der Waals surface area contributed by atoms with Crippen LogP contribution in [0.15, 0.2) is 0 Å². The molecule has 0 aromatic heterocycles. The Labute approximate surface area is 95.7 Å². The summed E-state index contributed by atoms with van der Waals surface area (Å²) in [6.07, 6.45) is 1.32. The number of nitrogens with one attached hydrogen (secondary N) is 1. The van der Waals surface area contributed by atoms with Crippen molar-refractivity contribution in [3.05, 3.63) is 0 Å². The first kappa shape index (κ1) is 14.9. The van der Waals surface area contributed by atoms with Crippen molar-refractivity contribution in [2.24, 2.45) is 5.73 Å². The van der Waals surface area contributed by atoms with Crippen LogP contribution in [0.5, 0.6) is 0 Å². The Kier molecular flexibility index (Phi) is 7.49. The second kappa shape index (κ2) is 8.06. The molecule has 0 spiro atoms. The first-order valence-corrected chi connectivity index (χ1v) is 5.54. The van der Waals surface area contributed by atoms with Crippen molar-refractivity contribution in [3.8, 4) is 0 Å². The van der Waals surface area contributed by atoms with Gasteiger partial charge in [0.25, 0.3) is 5.91 Å². The van der Waals surface area contributed by atoms with E-state index in [-0.39, 0.29) is 5.91 Å². The average molecular weight is 231 g/mol. The van der Waals surface area contributed by atoms with Gasteiger partial charge in [-0.3, -0.25) is 14.8 Å². The van der Waals surface area contributed by atoms with Crippen molar-refractivity contribution >= 4 is 11.8 Å². The molecule has 2 amide bonds. The van der Waals surface area contributed by atoms with Crippen LogP contribution < -0.4 is 11.2 Å². The van der Waals surface area contributed by atoms with E-state index in [1.165, 1.54) is 5.48 Å². The predicted molar refractivity (Wildman–Crippen MR) is 59.7 cm³/mol. The van der Waals surface area contributed by atoms with Crippen LogP contribution in [0.1, 0.15) is 33.1 Å². The fourth-order valence-corrected chi connectivity index (χ4v) is 1.42. The van der Waals surface area contributed by atoms with Gasteiger partial charge < -0.3 is 10.6 Å². The summed E-state index contributed by atoms with van der Waals surface area (Å²) in [5, 5.41) is 8.32. The molecule has 0 radical (unpaired) electrons. The normalized spacial score (nSPS) is 12.0. The molecule has 4 N–H and O–H groups in total. The molecule has 0 saturated carbocycles. The third-order valence-electron chi connectivity index (χ3n) is 2.47. The van der Waals surface area contributed by atoms with E-state index >= 15 is 0 Å². The molecule has 0 aliphatic rings. The fourth-order valence-electron chi connectivity index (χ4n) is 1.42. The Balaban J connectivity index is 3.81. The highest BCUT2D eigenvalue weighted by molar-refractivity contribution is 5.80. The van der Waals surface area contributed by atoms with E-state index in [1.807, 2.05) is 13.8 Å². The lowest BCUT2D eigenvalue weighted by Crippen LogP contribution is -2.39. The summed E-state index contributed by atoms with van der Waals surface area (Å²) >= 11 is 0. The molecule has 0 unspecified atom stereocenters. The van der Waals surface area contributed by atoms with Crippen molar-refractivity contribution < 1.29 is 14.8 Å². The zero-order chi connectivity index (χ0) is 12.6. The van der Waals surface area contributed by atoms with E-state index in [9.17, 15) is 9.59 Å². The van der Waals surface area contributed by atoms with Gasteiger partial charge >= 0.3 is 0 Å².